The minimum Gasteiger partial charge on any atom is -0.497 e. The Hall–Kier alpha value is -2.73. The number of aliphatic imine (C=N–C) groups is 1. The number of amidine groups is 1. The van der Waals surface area contributed by atoms with E-state index in [0.29, 0.717) is 34.7 Å². The summed E-state index contributed by atoms with van der Waals surface area (Å²) in [5, 5.41) is 0.614. The molecule has 0 aliphatic carbocycles. The molecule has 1 aliphatic heterocycles. The largest absolute Gasteiger partial charge is 0.497 e. The first-order chi connectivity index (χ1) is 16.9. The van der Waals surface area contributed by atoms with E-state index < -0.39 is 5.97 Å². The van der Waals surface area contributed by atoms with Crippen molar-refractivity contribution in [2.75, 3.05) is 33.5 Å². The van der Waals surface area contributed by atoms with Crippen LogP contribution in [-0.4, -0.2) is 55.4 Å². The first-order valence-electron chi connectivity index (χ1n) is 11.1. The highest BCUT2D eigenvalue weighted by atomic mass is 127. The molecule has 10 heteroatoms. The zero-order chi connectivity index (χ0) is 25.4. The summed E-state index contributed by atoms with van der Waals surface area (Å²) in [7, 11) is 1.61. The number of carbonyl (C=O) groups is 2. The third kappa shape index (κ3) is 6.91. The summed E-state index contributed by atoms with van der Waals surface area (Å²) in [5.41, 5.74) is 1.51. The Morgan fingerprint density at radius 1 is 1.11 bits per heavy atom. The van der Waals surface area contributed by atoms with Crippen molar-refractivity contribution in [1.29, 1.82) is 0 Å². The maximum atomic E-state index is 13.1. The van der Waals surface area contributed by atoms with E-state index in [1.807, 2.05) is 50.3 Å². The number of benzene rings is 2. The molecule has 1 saturated heterocycles. The SMILES string of the molecule is CCOC(=O)COc1c(I)cc(/C=C2/SC(=Nc3ccc(OC)cc3)N(CC)C2=O)cc1OCC. The fourth-order valence-electron chi connectivity index (χ4n) is 3.20. The number of hydrogen-bond donors (Lipinski definition) is 0. The topological polar surface area (TPSA) is 86.7 Å². The molecule has 35 heavy (non-hydrogen) atoms. The van der Waals surface area contributed by atoms with Crippen molar-refractivity contribution in [3.8, 4) is 17.2 Å². The van der Waals surface area contributed by atoms with Crippen molar-refractivity contribution in [3.63, 3.8) is 0 Å². The number of esters is 1. The third-order valence-electron chi connectivity index (χ3n) is 4.77. The lowest BCUT2D eigenvalue weighted by Gasteiger charge is -2.14. The molecule has 0 aromatic heterocycles. The average Bonchev–Trinajstić information content (AvgIpc) is 3.12. The number of carbonyl (C=O) groups excluding carboxylic acids is 2. The molecule has 2 aromatic carbocycles. The lowest BCUT2D eigenvalue weighted by atomic mass is 10.2. The highest BCUT2D eigenvalue weighted by molar-refractivity contribution is 14.1. The van der Waals surface area contributed by atoms with Crippen LogP contribution in [0.2, 0.25) is 0 Å². The Labute approximate surface area is 222 Å². The van der Waals surface area contributed by atoms with Crippen molar-refractivity contribution >= 4 is 63.2 Å². The van der Waals surface area contributed by atoms with Gasteiger partial charge in [0.15, 0.2) is 23.3 Å². The minimum absolute atomic E-state index is 0.111. The molecule has 0 saturated carbocycles. The summed E-state index contributed by atoms with van der Waals surface area (Å²) < 4.78 is 22.3. The predicted molar refractivity (Wildman–Crippen MR) is 145 cm³/mol. The Morgan fingerprint density at radius 2 is 1.86 bits per heavy atom. The summed E-state index contributed by atoms with van der Waals surface area (Å²) in [6.45, 7) is 6.51. The van der Waals surface area contributed by atoms with E-state index in [9.17, 15) is 9.59 Å². The molecule has 3 rings (SSSR count). The first-order valence-corrected chi connectivity index (χ1v) is 13.0. The van der Waals surface area contributed by atoms with Gasteiger partial charge >= 0.3 is 5.97 Å². The molecule has 0 N–H and O–H groups in total. The predicted octanol–water partition coefficient (Wildman–Crippen LogP) is 5.26. The zero-order valence-electron chi connectivity index (χ0n) is 20.0. The van der Waals surface area contributed by atoms with Crippen LogP contribution in [0.5, 0.6) is 17.2 Å². The summed E-state index contributed by atoms with van der Waals surface area (Å²) in [6, 6.07) is 11.0. The van der Waals surface area contributed by atoms with Crippen molar-refractivity contribution < 1.29 is 28.5 Å². The van der Waals surface area contributed by atoms with Gasteiger partial charge < -0.3 is 18.9 Å². The number of methoxy groups -OCH3 is 1. The van der Waals surface area contributed by atoms with Crippen molar-refractivity contribution in [2.45, 2.75) is 20.8 Å². The molecule has 186 valence electrons. The Balaban J connectivity index is 1.88. The van der Waals surface area contributed by atoms with Gasteiger partial charge in [-0.05, 0) is 103 Å². The Bertz CT molecular complexity index is 1130. The molecule has 0 atom stereocenters. The van der Waals surface area contributed by atoms with Gasteiger partial charge in [-0.15, -0.1) is 0 Å². The Morgan fingerprint density at radius 3 is 2.49 bits per heavy atom. The highest BCUT2D eigenvalue weighted by Crippen LogP contribution is 2.38. The smallest absolute Gasteiger partial charge is 0.344 e. The van der Waals surface area contributed by atoms with Gasteiger partial charge in [0.1, 0.15) is 5.75 Å². The van der Waals surface area contributed by atoms with Crippen LogP contribution < -0.4 is 14.2 Å². The van der Waals surface area contributed by atoms with Crippen LogP contribution in [0.3, 0.4) is 0 Å². The molecular formula is C25H27IN2O6S. The number of likely N-dealkylation sites (N-methyl/N-ethyl adjacent to an activating group) is 1. The molecule has 0 spiro atoms. The molecule has 0 radical (unpaired) electrons. The highest BCUT2D eigenvalue weighted by Gasteiger charge is 2.32. The third-order valence-corrected chi connectivity index (χ3v) is 6.58. The maximum Gasteiger partial charge on any atom is 0.344 e. The van der Waals surface area contributed by atoms with E-state index in [-0.39, 0.29) is 19.1 Å². The van der Waals surface area contributed by atoms with Crippen LogP contribution in [-0.2, 0) is 14.3 Å². The number of rotatable bonds is 10. The van der Waals surface area contributed by atoms with Gasteiger partial charge in [0.25, 0.3) is 5.91 Å². The van der Waals surface area contributed by atoms with Crippen molar-refractivity contribution in [2.24, 2.45) is 4.99 Å². The number of ether oxygens (including phenoxy) is 4. The standard InChI is InChI=1S/C25H27IN2O6S/c1-5-28-24(30)21(35-25(28)27-17-8-10-18(31-4)11-9-17)14-16-12-19(26)23(20(13-16)32-6-2)34-15-22(29)33-7-3/h8-14H,5-7,15H2,1-4H3/b21-14+,27-25?. The van der Waals surface area contributed by atoms with E-state index in [1.54, 1.807) is 25.0 Å². The molecular weight excluding hydrogens is 583 g/mol. The molecule has 1 amide bonds. The lowest BCUT2D eigenvalue weighted by Crippen LogP contribution is -2.28. The van der Waals surface area contributed by atoms with Crippen LogP contribution in [0.15, 0.2) is 46.3 Å². The van der Waals surface area contributed by atoms with Crippen LogP contribution in [0.25, 0.3) is 6.08 Å². The zero-order valence-corrected chi connectivity index (χ0v) is 23.0. The molecule has 1 heterocycles. The second kappa shape index (κ2) is 12.8. The number of thioether (sulfide) groups is 1. The molecule has 0 unspecified atom stereocenters. The van der Waals surface area contributed by atoms with Crippen LogP contribution in [0.1, 0.15) is 26.3 Å². The van der Waals surface area contributed by atoms with E-state index >= 15 is 0 Å². The number of nitrogens with zero attached hydrogens (tertiary/aromatic N) is 2. The summed E-state index contributed by atoms with van der Waals surface area (Å²) in [6.07, 6.45) is 1.81. The number of hydrogen-bond acceptors (Lipinski definition) is 8. The van der Waals surface area contributed by atoms with Gasteiger partial charge in [-0.2, -0.15) is 0 Å². The van der Waals surface area contributed by atoms with E-state index in [1.165, 1.54) is 11.8 Å². The normalized spacial score (nSPS) is 15.6. The average molecular weight is 610 g/mol. The van der Waals surface area contributed by atoms with Gasteiger partial charge in [-0.1, -0.05) is 0 Å². The van der Waals surface area contributed by atoms with Crippen LogP contribution in [0.4, 0.5) is 5.69 Å². The van der Waals surface area contributed by atoms with Crippen LogP contribution in [0, 0.1) is 3.57 Å². The van der Waals surface area contributed by atoms with Gasteiger partial charge in [0.05, 0.1) is 34.5 Å². The molecule has 2 aromatic rings. The molecule has 0 bridgehead atoms. The van der Waals surface area contributed by atoms with Crippen molar-refractivity contribution in [1.82, 2.24) is 4.90 Å². The van der Waals surface area contributed by atoms with E-state index in [4.69, 9.17) is 18.9 Å². The minimum atomic E-state index is -0.451. The monoisotopic (exact) mass is 610 g/mol. The van der Waals surface area contributed by atoms with E-state index in [2.05, 4.69) is 27.6 Å². The number of halogens is 1. The van der Waals surface area contributed by atoms with Gasteiger partial charge in [0.2, 0.25) is 0 Å². The second-order valence-corrected chi connectivity index (χ2v) is 9.28. The molecule has 8 nitrogen and oxygen atoms in total. The lowest BCUT2D eigenvalue weighted by molar-refractivity contribution is -0.145. The van der Waals surface area contributed by atoms with Crippen LogP contribution >= 0.6 is 34.4 Å². The summed E-state index contributed by atoms with van der Waals surface area (Å²) in [5.74, 6) is 1.13. The molecule has 1 aliphatic rings. The quantitative estimate of drug-likeness (QED) is 0.206. The Kier molecular flexibility index (Phi) is 9.84. The second-order valence-electron chi connectivity index (χ2n) is 7.11. The fraction of sp³-hybridized carbons (Fsp3) is 0.320. The summed E-state index contributed by atoms with van der Waals surface area (Å²) >= 11 is 3.45. The molecule has 1 fully saturated rings. The van der Waals surface area contributed by atoms with Gasteiger partial charge in [-0.25, -0.2) is 9.79 Å². The van der Waals surface area contributed by atoms with Crippen molar-refractivity contribution in [3.05, 3.63) is 50.4 Å². The maximum absolute atomic E-state index is 13.1. The first kappa shape index (κ1) is 26.9. The van der Waals surface area contributed by atoms with Gasteiger partial charge in [-0.3, -0.25) is 9.69 Å². The fourth-order valence-corrected chi connectivity index (χ4v) is 5.04. The summed E-state index contributed by atoms with van der Waals surface area (Å²) in [4.78, 5) is 31.7. The van der Waals surface area contributed by atoms with Gasteiger partial charge in [0, 0.05) is 6.54 Å². The number of amides is 1. The van der Waals surface area contributed by atoms with E-state index in [0.717, 1.165) is 20.6 Å².